The van der Waals surface area contributed by atoms with E-state index in [1.165, 1.54) is 4.88 Å². The van der Waals surface area contributed by atoms with Crippen LogP contribution in [0.5, 0.6) is 0 Å². The Morgan fingerprint density at radius 1 is 1.05 bits per heavy atom. The molecule has 2 heterocycles. The fourth-order valence-corrected chi connectivity index (χ4v) is 2.68. The van der Waals surface area contributed by atoms with Crippen LogP contribution in [0.2, 0.25) is 0 Å². The summed E-state index contributed by atoms with van der Waals surface area (Å²) in [4.78, 5) is 10.2. The highest BCUT2D eigenvalue weighted by molar-refractivity contribution is 7.10. The van der Waals surface area contributed by atoms with Gasteiger partial charge >= 0.3 is 0 Å². The smallest absolute Gasteiger partial charge is 0.162 e. The average molecular weight is 267 g/mol. The summed E-state index contributed by atoms with van der Waals surface area (Å²) in [6, 6.07) is 13.8. The molecule has 3 nitrogen and oxygen atoms in total. The molecule has 0 saturated carbocycles. The minimum atomic E-state index is 0.495. The Bertz CT molecular complexity index is 704. The van der Waals surface area contributed by atoms with Gasteiger partial charge in [0.15, 0.2) is 5.82 Å². The fraction of sp³-hybridized carbons (Fsp3) is 0.0667. The summed E-state index contributed by atoms with van der Waals surface area (Å²) >= 11 is 1.71. The SMILES string of the molecule is Cc1sccc1-c1cc(N)nc(-c2ccccc2)n1. The summed E-state index contributed by atoms with van der Waals surface area (Å²) in [6.45, 7) is 2.08. The van der Waals surface area contributed by atoms with Crippen molar-refractivity contribution < 1.29 is 0 Å². The average Bonchev–Trinajstić information content (AvgIpc) is 2.85. The minimum Gasteiger partial charge on any atom is -0.384 e. The molecule has 0 saturated heterocycles. The van der Waals surface area contributed by atoms with Gasteiger partial charge in [-0.05, 0) is 18.4 Å². The molecule has 0 unspecified atom stereocenters. The minimum absolute atomic E-state index is 0.495. The topological polar surface area (TPSA) is 51.8 Å². The first kappa shape index (κ1) is 11.9. The first-order valence-corrected chi connectivity index (χ1v) is 6.86. The van der Waals surface area contributed by atoms with Crippen LogP contribution in [0.3, 0.4) is 0 Å². The molecule has 0 aliphatic rings. The number of hydrogen-bond acceptors (Lipinski definition) is 4. The Hall–Kier alpha value is -2.20. The van der Waals surface area contributed by atoms with Crippen molar-refractivity contribution in [2.75, 3.05) is 5.73 Å². The van der Waals surface area contributed by atoms with Crippen LogP contribution in [0.15, 0.2) is 47.8 Å². The van der Waals surface area contributed by atoms with E-state index in [4.69, 9.17) is 5.73 Å². The molecule has 0 amide bonds. The molecule has 0 bridgehead atoms. The lowest BCUT2D eigenvalue weighted by molar-refractivity contribution is 1.19. The molecule has 3 aromatic rings. The zero-order chi connectivity index (χ0) is 13.2. The zero-order valence-corrected chi connectivity index (χ0v) is 11.3. The second kappa shape index (κ2) is 4.82. The standard InChI is InChI=1S/C15H13N3S/c1-10-12(7-8-19-10)13-9-14(16)18-15(17-13)11-5-3-2-4-6-11/h2-9H,1H3,(H2,16,17,18). The van der Waals surface area contributed by atoms with Crippen LogP contribution in [0.25, 0.3) is 22.6 Å². The molecular weight excluding hydrogens is 254 g/mol. The van der Waals surface area contributed by atoms with Crippen molar-refractivity contribution in [1.29, 1.82) is 0 Å². The maximum absolute atomic E-state index is 5.91. The number of nitrogen functional groups attached to an aromatic ring is 1. The number of hydrogen-bond donors (Lipinski definition) is 1. The van der Waals surface area contributed by atoms with Crippen molar-refractivity contribution >= 4 is 17.2 Å². The van der Waals surface area contributed by atoms with Gasteiger partial charge in [0.05, 0.1) is 5.69 Å². The van der Waals surface area contributed by atoms with E-state index in [0.29, 0.717) is 11.6 Å². The van der Waals surface area contributed by atoms with E-state index in [2.05, 4.69) is 28.3 Å². The molecule has 0 atom stereocenters. The monoisotopic (exact) mass is 267 g/mol. The maximum Gasteiger partial charge on any atom is 0.162 e. The molecular formula is C15H13N3S. The highest BCUT2D eigenvalue weighted by Gasteiger charge is 2.09. The van der Waals surface area contributed by atoms with Gasteiger partial charge in [0.1, 0.15) is 5.82 Å². The summed E-state index contributed by atoms with van der Waals surface area (Å²) < 4.78 is 0. The van der Waals surface area contributed by atoms with Gasteiger partial charge < -0.3 is 5.73 Å². The number of anilines is 1. The normalized spacial score (nSPS) is 10.6. The third kappa shape index (κ3) is 2.35. The predicted octanol–water partition coefficient (Wildman–Crippen LogP) is 3.76. The second-order valence-electron chi connectivity index (χ2n) is 4.26. The van der Waals surface area contributed by atoms with Crippen LogP contribution < -0.4 is 5.73 Å². The first-order valence-electron chi connectivity index (χ1n) is 5.98. The Morgan fingerprint density at radius 2 is 1.84 bits per heavy atom. The molecule has 0 aliphatic carbocycles. The number of nitrogens with two attached hydrogens (primary N) is 1. The van der Waals surface area contributed by atoms with Crippen LogP contribution in [-0.2, 0) is 0 Å². The van der Waals surface area contributed by atoms with Gasteiger partial charge in [-0.2, -0.15) is 0 Å². The lowest BCUT2D eigenvalue weighted by Crippen LogP contribution is -1.97. The molecule has 1 aromatic carbocycles. The largest absolute Gasteiger partial charge is 0.384 e. The molecule has 4 heteroatoms. The van der Waals surface area contributed by atoms with Crippen LogP contribution in [0.4, 0.5) is 5.82 Å². The first-order chi connectivity index (χ1) is 9.24. The van der Waals surface area contributed by atoms with E-state index in [1.54, 1.807) is 11.3 Å². The molecule has 0 radical (unpaired) electrons. The van der Waals surface area contributed by atoms with Crippen LogP contribution >= 0.6 is 11.3 Å². The van der Waals surface area contributed by atoms with Gasteiger partial charge in [0.25, 0.3) is 0 Å². The fourth-order valence-electron chi connectivity index (χ4n) is 1.97. The molecule has 94 valence electrons. The number of thiophene rings is 1. The van der Waals surface area contributed by atoms with Gasteiger partial charge in [-0.15, -0.1) is 11.3 Å². The summed E-state index contributed by atoms with van der Waals surface area (Å²) in [6.07, 6.45) is 0. The molecule has 19 heavy (non-hydrogen) atoms. The molecule has 3 rings (SSSR count). The van der Waals surface area contributed by atoms with Gasteiger partial charge in [0, 0.05) is 22.1 Å². The summed E-state index contributed by atoms with van der Waals surface area (Å²) in [5.74, 6) is 1.16. The van der Waals surface area contributed by atoms with E-state index in [-0.39, 0.29) is 0 Å². The lowest BCUT2D eigenvalue weighted by Gasteiger charge is -2.05. The molecule has 0 spiro atoms. The van der Waals surface area contributed by atoms with Crippen molar-refractivity contribution in [1.82, 2.24) is 9.97 Å². The number of rotatable bonds is 2. The predicted molar refractivity (Wildman–Crippen MR) is 79.9 cm³/mol. The molecule has 2 aromatic heterocycles. The summed E-state index contributed by atoms with van der Waals surface area (Å²) in [5, 5.41) is 2.06. The third-order valence-electron chi connectivity index (χ3n) is 2.91. The number of nitrogens with zero attached hydrogens (tertiary/aromatic N) is 2. The van der Waals surface area contributed by atoms with Crippen molar-refractivity contribution in [2.24, 2.45) is 0 Å². The highest BCUT2D eigenvalue weighted by atomic mass is 32.1. The van der Waals surface area contributed by atoms with Crippen molar-refractivity contribution in [3.05, 3.63) is 52.7 Å². The van der Waals surface area contributed by atoms with Gasteiger partial charge in [-0.1, -0.05) is 30.3 Å². The van der Waals surface area contributed by atoms with E-state index in [1.807, 2.05) is 36.4 Å². The van der Waals surface area contributed by atoms with E-state index in [0.717, 1.165) is 16.8 Å². The van der Waals surface area contributed by atoms with Crippen LogP contribution in [0.1, 0.15) is 4.88 Å². The molecule has 0 aliphatic heterocycles. The summed E-state index contributed by atoms with van der Waals surface area (Å²) in [7, 11) is 0. The number of benzene rings is 1. The molecule has 0 fully saturated rings. The van der Waals surface area contributed by atoms with Gasteiger partial charge in [-0.3, -0.25) is 0 Å². The van der Waals surface area contributed by atoms with Crippen molar-refractivity contribution in [3.63, 3.8) is 0 Å². The van der Waals surface area contributed by atoms with Crippen LogP contribution in [-0.4, -0.2) is 9.97 Å². The van der Waals surface area contributed by atoms with Gasteiger partial charge in [-0.25, -0.2) is 9.97 Å². The Kier molecular flexibility index (Phi) is 3.01. The van der Waals surface area contributed by atoms with Crippen molar-refractivity contribution in [3.8, 4) is 22.6 Å². The lowest BCUT2D eigenvalue weighted by atomic mass is 10.1. The number of aromatic nitrogens is 2. The quantitative estimate of drug-likeness (QED) is 0.769. The highest BCUT2D eigenvalue weighted by Crippen LogP contribution is 2.28. The van der Waals surface area contributed by atoms with E-state index >= 15 is 0 Å². The van der Waals surface area contributed by atoms with E-state index in [9.17, 15) is 0 Å². The van der Waals surface area contributed by atoms with Gasteiger partial charge in [0.2, 0.25) is 0 Å². The number of aryl methyl sites for hydroxylation is 1. The van der Waals surface area contributed by atoms with Crippen LogP contribution in [0, 0.1) is 6.92 Å². The Balaban J connectivity index is 2.14. The Labute approximate surface area is 115 Å². The third-order valence-corrected chi connectivity index (χ3v) is 3.76. The second-order valence-corrected chi connectivity index (χ2v) is 5.38. The van der Waals surface area contributed by atoms with E-state index < -0.39 is 0 Å². The summed E-state index contributed by atoms with van der Waals surface area (Å²) in [5.41, 5.74) is 8.88. The Morgan fingerprint density at radius 3 is 2.53 bits per heavy atom. The zero-order valence-electron chi connectivity index (χ0n) is 10.5. The maximum atomic E-state index is 5.91. The van der Waals surface area contributed by atoms with Crippen molar-refractivity contribution in [2.45, 2.75) is 6.92 Å². The molecule has 2 N–H and O–H groups in total.